The summed E-state index contributed by atoms with van der Waals surface area (Å²) in [6, 6.07) is 7.94. The third kappa shape index (κ3) is 2.71. The van der Waals surface area contributed by atoms with Crippen LogP contribution < -0.4 is 4.74 Å². The lowest BCUT2D eigenvalue weighted by atomic mass is 9.91. The lowest BCUT2D eigenvalue weighted by molar-refractivity contribution is 0.103. The van der Waals surface area contributed by atoms with Gasteiger partial charge in [-0.2, -0.15) is 0 Å². The van der Waals surface area contributed by atoms with Crippen LogP contribution >= 0.6 is 0 Å². The van der Waals surface area contributed by atoms with Crippen LogP contribution in [0.5, 0.6) is 5.75 Å². The highest BCUT2D eigenvalue weighted by Gasteiger charge is 2.20. The Hall–Kier alpha value is -2.09. The van der Waals surface area contributed by atoms with Crippen molar-refractivity contribution >= 4 is 5.78 Å². The SMILES string of the molecule is COc1c(C(=O)c2c(C)cc(C)cc2C)ccc(C)c1C. The number of carbonyl (C=O) groups excluding carboxylic acids is 1. The fourth-order valence-electron chi connectivity index (χ4n) is 2.90. The van der Waals surface area contributed by atoms with Gasteiger partial charge in [0, 0.05) is 5.56 Å². The monoisotopic (exact) mass is 282 g/mol. The molecule has 2 heteroatoms. The van der Waals surface area contributed by atoms with E-state index >= 15 is 0 Å². The van der Waals surface area contributed by atoms with Crippen molar-refractivity contribution in [3.63, 3.8) is 0 Å². The fraction of sp³-hybridized carbons (Fsp3) is 0.316. The molecule has 0 fully saturated rings. The summed E-state index contributed by atoms with van der Waals surface area (Å²) in [6.07, 6.45) is 0. The molecule has 0 aliphatic heterocycles. The van der Waals surface area contributed by atoms with E-state index in [4.69, 9.17) is 4.74 Å². The van der Waals surface area contributed by atoms with Crippen molar-refractivity contribution in [2.24, 2.45) is 0 Å². The molecule has 0 atom stereocenters. The fourth-order valence-corrected chi connectivity index (χ4v) is 2.90. The average molecular weight is 282 g/mol. The Morgan fingerprint density at radius 3 is 2.00 bits per heavy atom. The van der Waals surface area contributed by atoms with E-state index in [-0.39, 0.29) is 5.78 Å². The largest absolute Gasteiger partial charge is 0.496 e. The summed E-state index contributed by atoms with van der Waals surface area (Å²) in [5.41, 5.74) is 6.76. The first-order valence-electron chi connectivity index (χ1n) is 7.13. The quantitative estimate of drug-likeness (QED) is 0.776. The standard InChI is InChI=1S/C19H22O2/c1-11-9-13(3)17(14(4)10-11)18(20)16-8-7-12(2)15(5)19(16)21-6/h7-10H,1-6H3. The predicted molar refractivity (Wildman–Crippen MR) is 86.6 cm³/mol. The van der Waals surface area contributed by atoms with Crippen LogP contribution in [-0.4, -0.2) is 12.9 Å². The van der Waals surface area contributed by atoms with Crippen LogP contribution in [0.4, 0.5) is 0 Å². The second-order valence-electron chi connectivity index (χ2n) is 5.69. The highest BCUT2D eigenvalue weighted by molar-refractivity contribution is 6.12. The molecule has 0 amide bonds. The predicted octanol–water partition coefficient (Wildman–Crippen LogP) is 4.47. The van der Waals surface area contributed by atoms with Crippen molar-refractivity contribution in [2.75, 3.05) is 7.11 Å². The third-order valence-electron chi connectivity index (χ3n) is 4.03. The molecule has 0 heterocycles. The van der Waals surface area contributed by atoms with Gasteiger partial charge in [0.1, 0.15) is 5.75 Å². The van der Waals surface area contributed by atoms with Gasteiger partial charge in [0.2, 0.25) is 0 Å². The Labute approximate surface area is 126 Å². The van der Waals surface area contributed by atoms with Crippen LogP contribution in [-0.2, 0) is 0 Å². The maximum Gasteiger partial charge on any atom is 0.197 e. The zero-order chi connectivity index (χ0) is 15.7. The summed E-state index contributed by atoms with van der Waals surface area (Å²) < 4.78 is 5.48. The molecule has 2 aromatic carbocycles. The van der Waals surface area contributed by atoms with Gasteiger partial charge in [0.05, 0.1) is 12.7 Å². The van der Waals surface area contributed by atoms with Crippen LogP contribution in [0.15, 0.2) is 24.3 Å². The third-order valence-corrected chi connectivity index (χ3v) is 4.03. The summed E-state index contributed by atoms with van der Waals surface area (Å²) in [6.45, 7) is 10.0. The van der Waals surface area contributed by atoms with Crippen LogP contribution in [0.25, 0.3) is 0 Å². The summed E-state index contributed by atoms with van der Waals surface area (Å²) >= 11 is 0. The molecule has 0 unspecified atom stereocenters. The molecule has 0 saturated carbocycles. The number of hydrogen-bond acceptors (Lipinski definition) is 2. The zero-order valence-corrected chi connectivity index (χ0v) is 13.6. The molecule has 0 aliphatic carbocycles. The van der Waals surface area contributed by atoms with Crippen LogP contribution in [0.1, 0.15) is 43.7 Å². The number of aryl methyl sites for hydroxylation is 4. The molecule has 0 saturated heterocycles. The molecule has 0 aromatic heterocycles. The van der Waals surface area contributed by atoms with Crippen LogP contribution in [0, 0.1) is 34.6 Å². The molecule has 110 valence electrons. The van der Waals surface area contributed by atoms with Crippen molar-refractivity contribution in [3.05, 3.63) is 63.2 Å². The van der Waals surface area contributed by atoms with Crippen molar-refractivity contribution in [3.8, 4) is 5.75 Å². The lowest BCUT2D eigenvalue weighted by Gasteiger charge is -2.15. The van der Waals surface area contributed by atoms with Gasteiger partial charge in [-0.05, 0) is 62.9 Å². The number of rotatable bonds is 3. The van der Waals surface area contributed by atoms with E-state index in [0.29, 0.717) is 11.3 Å². The number of ether oxygens (including phenoxy) is 1. The minimum Gasteiger partial charge on any atom is -0.496 e. The molecule has 0 spiro atoms. The van der Waals surface area contributed by atoms with Crippen molar-refractivity contribution in [1.82, 2.24) is 0 Å². The normalized spacial score (nSPS) is 10.6. The first-order valence-corrected chi connectivity index (χ1v) is 7.13. The van der Waals surface area contributed by atoms with E-state index < -0.39 is 0 Å². The van der Waals surface area contributed by atoms with Gasteiger partial charge in [-0.25, -0.2) is 0 Å². The van der Waals surface area contributed by atoms with Gasteiger partial charge in [-0.3, -0.25) is 4.79 Å². The Morgan fingerprint density at radius 1 is 0.905 bits per heavy atom. The van der Waals surface area contributed by atoms with Gasteiger partial charge in [-0.15, -0.1) is 0 Å². The number of carbonyl (C=O) groups is 1. The Morgan fingerprint density at radius 2 is 1.48 bits per heavy atom. The van der Waals surface area contributed by atoms with Crippen LogP contribution in [0.2, 0.25) is 0 Å². The maximum absolute atomic E-state index is 13.0. The average Bonchev–Trinajstić information content (AvgIpc) is 2.40. The van der Waals surface area contributed by atoms with Crippen molar-refractivity contribution in [1.29, 1.82) is 0 Å². The minimum absolute atomic E-state index is 0.0324. The molecule has 2 aromatic rings. The highest BCUT2D eigenvalue weighted by atomic mass is 16.5. The molecule has 0 N–H and O–H groups in total. The van der Waals surface area contributed by atoms with Gasteiger partial charge in [0.15, 0.2) is 5.78 Å². The summed E-state index contributed by atoms with van der Waals surface area (Å²) in [4.78, 5) is 13.0. The minimum atomic E-state index is 0.0324. The molecular formula is C19H22O2. The van der Waals surface area contributed by atoms with E-state index in [1.54, 1.807) is 7.11 Å². The van der Waals surface area contributed by atoms with E-state index in [1.807, 2.05) is 58.9 Å². The van der Waals surface area contributed by atoms with Gasteiger partial charge in [0.25, 0.3) is 0 Å². The van der Waals surface area contributed by atoms with E-state index in [1.165, 1.54) is 5.56 Å². The zero-order valence-electron chi connectivity index (χ0n) is 13.6. The Balaban J connectivity index is 2.64. The Kier molecular flexibility index (Phi) is 4.17. The molecule has 0 bridgehead atoms. The molecule has 2 rings (SSSR count). The van der Waals surface area contributed by atoms with E-state index in [0.717, 1.165) is 27.8 Å². The topological polar surface area (TPSA) is 26.3 Å². The molecule has 21 heavy (non-hydrogen) atoms. The smallest absolute Gasteiger partial charge is 0.197 e. The summed E-state index contributed by atoms with van der Waals surface area (Å²) in [5.74, 6) is 0.712. The first kappa shape index (κ1) is 15.3. The summed E-state index contributed by atoms with van der Waals surface area (Å²) in [5, 5.41) is 0. The lowest BCUT2D eigenvalue weighted by Crippen LogP contribution is -2.09. The summed E-state index contributed by atoms with van der Waals surface area (Å²) in [7, 11) is 1.62. The molecule has 0 aliphatic rings. The number of hydrogen-bond donors (Lipinski definition) is 0. The van der Waals surface area contributed by atoms with Gasteiger partial charge in [-0.1, -0.05) is 23.8 Å². The van der Waals surface area contributed by atoms with Crippen molar-refractivity contribution < 1.29 is 9.53 Å². The molecular weight excluding hydrogens is 260 g/mol. The molecule has 0 radical (unpaired) electrons. The first-order chi connectivity index (χ1) is 9.86. The highest BCUT2D eigenvalue weighted by Crippen LogP contribution is 2.30. The van der Waals surface area contributed by atoms with E-state index in [9.17, 15) is 4.79 Å². The number of benzene rings is 2. The Bertz CT molecular complexity index is 689. The van der Waals surface area contributed by atoms with Gasteiger partial charge < -0.3 is 4.74 Å². The van der Waals surface area contributed by atoms with Crippen LogP contribution in [0.3, 0.4) is 0 Å². The number of ketones is 1. The van der Waals surface area contributed by atoms with Crippen molar-refractivity contribution in [2.45, 2.75) is 34.6 Å². The van der Waals surface area contributed by atoms with E-state index in [2.05, 4.69) is 0 Å². The number of methoxy groups -OCH3 is 1. The maximum atomic E-state index is 13.0. The molecule has 2 nitrogen and oxygen atoms in total. The second kappa shape index (κ2) is 5.72. The second-order valence-corrected chi connectivity index (χ2v) is 5.69. The van der Waals surface area contributed by atoms with Gasteiger partial charge >= 0.3 is 0 Å².